The molecule has 1 heterocycles. The number of hydrogen-bond acceptors (Lipinski definition) is 9. The number of nitrogens with zero attached hydrogens (tertiary/aromatic N) is 2. The van der Waals surface area contributed by atoms with Gasteiger partial charge in [0.15, 0.2) is 11.6 Å². The molecule has 42 heavy (non-hydrogen) atoms. The van der Waals surface area contributed by atoms with Gasteiger partial charge in [-0.3, -0.25) is 9.52 Å². The second-order valence-electron chi connectivity index (χ2n) is 9.30. The van der Waals surface area contributed by atoms with Gasteiger partial charge in [0, 0.05) is 35.3 Å². The van der Waals surface area contributed by atoms with Gasteiger partial charge >= 0.3 is 0 Å². The number of nitrogens with one attached hydrogen (secondary N) is 4. The van der Waals surface area contributed by atoms with Gasteiger partial charge in [0.1, 0.15) is 11.5 Å². The predicted molar refractivity (Wildman–Crippen MR) is 163 cm³/mol. The van der Waals surface area contributed by atoms with E-state index in [2.05, 4.69) is 30.6 Å². The Morgan fingerprint density at radius 1 is 0.857 bits per heavy atom. The fraction of sp³-hybridized carbons (Fsp3) is 0.100. The molecule has 5 rings (SSSR count). The highest BCUT2D eigenvalue weighted by Gasteiger charge is 2.20. The van der Waals surface area contributed by atoms with Gasteiger partial charge in [-0.25, -0.2) is 18.4 Å². The van der Waals surface area contributed by atoms with Crippen LogP contribution in [0.1, 0.15) is 5.56 Å². The average molecular weight is 585 g/mol. The highest BCUT2D eigenvalue weighted by Crippen LogP contribution is 2.31. The normalized spacial score (nSPS) is 11.1. The van der Waals surface area contributed by atoms with Crippen molar-refractivity contribution in [2.45, 2.75) is 11.8 Å². The van der Waals surface area contributed by atoms with Crippen molar-refractivity contribution in [1.82, 2.24) is 9.97 Å². The number of aromatic hydroxyl groups is 1. The molecule has 0 unspecified atom stereocenters. The van der Waals surface area contributed by atoms with Crippen LogP contribution in [0.15, 0.2) is 95.9 Å². The number of aryl methyl sites for hydroxylation is 1. The number of phenols is 1. The molecule has 214 valence electrons. The summed E-state index contributed by atoms with van der Waals surface area (Å²) in [6, 6.07) is 25.0. The lowest BCUT2D eigenvalue weighted by Gasteiger charge is -2.15. The molecule has 0 radical (unpaired) electrons. The number of aromatic nitrogens is 2. The third-order valence-electron chi connectivity index (χ3n) is 6.20. The Morgan fingerprint density at radius 2 is 1.57 bits per heavy atom. The van der Waals surface area contributed by atoms with Gasteiger partial charge in [-0.2, -0.15) is 0 Å². The standard InChI is InChI=1S/C30H28N6O5S/c1-19-8-3-4-11-25(19)31-18-28(38)32-20-9-7-10-24(16-20)42(39,40)36-30-29(34-26-12-5-6-13-27(26)35-30)33-21-14-22(37)17-23(15-21)41-2/h3-17,31,37H,18H2,1-2H3,(H,32,38)(H,33,34)(H,35,36). The number of sulfonamides is 1. The zero-order chi connectivity index (χ0) is 29.7. The molecule has 4 aromatic carbocycles. The van der Waals surface area contributed by atoms with E-state index < -0.39 is 10.0 Å². The molecule has 1 amide bonds. The molecule has 0 saturated carbocycles. The summed E-state index contributed by atoms with van der Waals surface area (Å²) in [4.78, 5) is 21.5. The molecule has 0 bridgehead atoms. The summed E-state index contributed by atoms with van der Waals surface area (Å²) in [7, 11) is -2.71. The van der Waals surface area contributed by atoms with Gasteiger partial charge < -0.3 is 25.8 Å². The highest BCUT2D eigenvalue weighted by atomic mass is 32.2. The van der Waals surface area contributed by atoms with Crippen molar-refractivity contribution in [3.05, 3.63) is 96.6 Å². The molecule has 12 heteroatoms. The number of carbonyl (C=O) groups excluding carboxylic acids is 1. The van der Waals surface area contributed by atoms with Crippen LogP contribution in [0.4, 0.5) is 28.7 Å². The van der Waals surface area contributed by atoms with Crippen LogP contribution in [0.5, 0.6) is 11.5 Å². The van der Waals surface area contributed by atoms with E-state index in [-0.39, 0.29) is 34.7 Å². The Kier molecular flexibility index (Phi) is 8.07. The Morgan fingerprint density at radius 3 is 2.31 bits per heavy atom. The monoisotopic (exact) mass is 584 g/mol. The van der Waals surface area contributed by atoms with E-state index in [4.69, 9.17) is 4.74 Å². The summed E-state index contributed by atoms with van der Waals surface area (Å²) in [6.07, 6.45) is 0. The van der Waals surface area contributed by atoms with Crippen LogP contribution in [-0.4, -0.2) is 43.1 Å². The lowest BCUT2D eigenvalue weighted by molar-refractivity contribution is -0.114. The van der Waals surface area contributed by atoms with Gasteiger partial charge in [0.2, 0.25) is 5.91 Å². The lowest BCUT2D eigenvalue weighted by atomic mass is 10.2. The van der Waals surface area contributed by atoms with Crippen molar-refractivity contribution in [3.8, 4) is 11.5 Å². The first-order valence-corrected chi connectivity index (χ1v) is 14.3. The molecule has 0 aliphatic rings. The molecule has 0 aliphatic heterocycles. The summed E-state index contributed by atoms with van der Waals surface area (Å²) in [5.41, 5.74) is 3.54. The quantitative estimate of drug-likeness (QED) is 0.148. The molecule has 5 aromatic rings. The summed E-state index contributed by atoms with van der Waals surface area (Å²) in [6.45, 7) is 1.94. The first-order valence-electron chi connectivity index (χ1n) is 12.8. The van der Waals surface area contributed by atoms with Gasteiger partial charge in [-0.1, -0.05) is 36.4 Å². The number of rotatable bonds is 10. The first-order chi connectivity index (χ1) is 20.2. The Labute approximate surface area is 242 Å². The second-order valence-corrected chi connectivity index (χ2v) is 11.0. The largest absolute Gasteiger partial charge is 0.508 e. The number of amides is 1. The number of carbonyl (C=O) groups is 1. The SMILES string of the molecule is COc1cc(O)cc(Nc2nc3ccccc3nc2NS(=O)(=O)c2cccc(NC(=O)CNc3ccccc3C)c2)c1. The van der Waals surface area contributed by atoms with E-state index in [1.807, 2.05) is 31.2 Å². The molecule has 1 aromatic heterocycles. The summed E-state index contributed by atoms with van der Waals surface area (Å²) in [5.74, 6) is 0.0424. The molecule has 0 spiro atoms. The Bertz CT molecular complexity index is 1880. The third kappa shape index (κ3) is 6.67. The highest BCUT2D eigenvalue weighted by molar-refractivity contribution is 7.92. The van der Waals surface area contributed by atoms with Crippen LogP contribution < -0.4 is 25.4 Å². The third-order valence-corrected chi connectivity index (χ3v) is 7.54. The molecule has 0 atom stereocenters. The Hall–Kier alpha value is -5.36. The van der Waals surface area contributed by atoms with Gasteiger partial charge in [0.05, 0.1) is 29.6 Å². The van der Waals surface area contributed by atoms with Crippen LogP contribution >= 0.6 is 0 Å². The summed E-state index contributed by atoms with van der Waals surface area (Å²) in [5, 5.41) is 18.9. The number of ether oxygens (including phenoxy) is 1. The van der Waals surface area contributed by atoms with E-state index in [1.165, 1.54) is 37.4 Å². The van der Waals surface area contributed by atoms with Crippen LogP contribution in [-0.2, 0) is 14.8 Å². The number of phenolic OH excluding ortho intramolecular Hbond substituents is 1. The number of methoxy groups -OCH3 is 1. The zero-order valence-corrected chi connectivity index (χ0v) is 23.6. The van der Waals surface area contributed by atoms with Crippen LogP contribution in [0.3, 0.4) is 0 Å². The Balaban J connectivity index is 1.38. The van der Waals surface area contributed by atoms with Crippen LogP contribution in [0, 0.1) is 6.92 Å². The average Bonchev–Trinajstić information content (AvgIpc) is 2.96. The van der Waals surface area contributed by atoms with Crippen LogP contribution in [0.2, 0.25) is 0 Å². The van der Waals surface area contributed by atoms with Gasteiger partial charge in [-0.05, 0) is 48.9 Å². The maximum absolute atomic E-state index is 13.5. The van der Waals surface area contributed by atoms with E-state index in [0.29, 0.717) is 28.2 Å². The number of fused-ring (bicyclic) bond motifs is 1. The van der Waals surface area contributed by atoms with Crippen molar-refractivity contribution in [2.24, 2.45) is 0 Å². The number of para-hydroxylation sites is 3. The van der Waals surface area contributed by atoms with Crippen LogP contribution in [0.25, 0.3) is 11.0 Å². The molecule has 0 aliphatic carbocycles. The molecule has 0 saturated heterocycles. The zero-order valence-electron chi connectivity index (χ0n) is 22.8. The predicted octanol–water partition coefficient (Wildman–Crippen LogP) is 5.25. The maximum atomic E-state index is 13.5. The molecular formula is C30H28N6O5S. The second kappa shape index (κ2) is 12.0. The first kappa shape index (κ1) is 28.2. The fourth-order valence-corrected chi connectivity index (χ4v) is 5.20. The van der Waals surface area contributed by atoms with Crippen molar-refractivity contribution in [3.63, 3.8) is 0 Å². The maximum Gasteiger partial charge on any atom is 0.263 e. The fourth-order valence-electron chi connectivity index (χ4n) is 4.15. The smallest absolute Gasteiger partial charge is 0.263 e. The van der Waals surface area contributed by atoms with E-state index in [0.717, 1.165) is 11.3 Å². The van der Waals surface area contributed by atoms with Crippen molar-refractivity contribution >= 4 is 55.7 Å². The minimum Gasteiger partial charge on any atom is -0.508 e. The number of hydrogen-bond donors (Lipinski definition) is 5. The molecule has 5 N–H and O–H groups in total. The van der Waals surface area contributed by atoms with E-state index in [1.54, 1.807) is 36.4 Å². The molecule has 0 fully saturated rings. The van der Waals surface area contributed by atoms with E-state index in [9.17, 15) is 18.3 Å². The summed E-state index contributed by atoms with van der Waals surface area (Å²) < 4.78 is 34.7. The minimum atomic E-state index is -4.17. The molecular weight excluding hydrogens is 556 g/mol. The van der Waals surface area contributed by atoms with Gasteiger partial charge in [-0.15, -0.1) is 0 Å². The topological polar surface area (TPSA) is 155 Å². The lowest BCUT2D eigenvalue weighted by Crippen LogP contribution is -2.22. The minimum absolute atomic E-state index is 0.00160. The number of anilines is 5. The van der Waals surface area contributed by atoms with Crippen molar-refractivity contribution in [1.29, 1.82) is 0 Å². The van der Waals surface area contributed by atoms with Crippen molar-refractivity contribution < 1.29 is 23.1 Å². The van der Waals surface area contributed by atoms with E-state index >= 15 is 0 Å². The number of benzene rings is 4. The molecule has 11 nitrogen and oxygen atoms in total. The van der Waals surface area contributed by atoms with Gasteiger partial charge in [0.25, 0.3) is 10.0 Å². The van der Waals surface area contributed by atoms with Crippen molar-refractivity contribution in [2.75, 3.05) is 34.3 Å². The summed E-state index contributed by atoms with van der Waals surface area (Å²) >= 11 is 0.